The summed E-state index contributed by atoms with van der Waals surface area (Å²) < 4.78 is 5.57. The van der Waals surface area contributed by atoms with Crippen molar-refractivity contribution in [1.29, 1.82) is 0 Å². The molecule has 0 fully saturated rings. The number of nitrogens with zero attached hydrogens (tertiary/aromatic N) is 2. The zero-order valence-electron chi connectivity index (χ0n) is 14.8. The largest absolute Gasteiger partial charge is 0.501 e. The Morgan fingerprint density at radius 1 is 1.19 bits per heavy atom. The van der Waals surface area contributed by atoms with Gasteiger partial charge in [-0.25, -0.2) is 14.6 Å². The fourth-order valence-electron chi connectivity index (χ4n) is 2.24. The molecule has 2 rings (SSSR count). The van der Waals surface area contributed by atoms with Crippen LogP contribution in [-0.4, -0.2) is 33.7 Å². The lowest BCUT2D eigenvalue weighted by Crippen LogP contribution is -2.43. The molecule has 1 heterocycles. The van der Waals surface area contributed by atoms with E-state index in [0.29, 0.717) is 5.56 Å². The number of aromatic nitrogens is 2. The summed E-state index contributed by atoms with van der Waals surface area (Å²) in [4.78, 5) is 45.0. The van der Waals surface area contributed by atoms with Crippen LogP contribution >= 0.6 is 0 Å². The third-order valence-electron chi connectivity index (χ3n) is 3.61. The molecule has 0 atom stereocenters. The van der Waals surface area contributed by atoms with Gasteiger partial charge in [-0.05, 0) is 26.0 Å². The van der Waals surface area contributed by atoms with Crippen molar-refractivity contribution in [2.45, 2.75) is 19.4 Å². The number of esters is 1. The summed E-state index contributed by atoms with van der Waals surface area (Å²) in [6.45, 7) is 3.18. The zero-order valence-corrected chi connectivity index (χ0v) is 14.8. The van der Waals surface area contributed by atoms with E-state index in [1.807, 2.05) is 0 Å². The number of rotatable bonds is 5. The minimum atomic E-state index is -1.16. The summed E-state index contributed by atoms with van der Waals surface area (Å²) in [6.07, 6.45) is 0. The highest BCUT2D eigenvalue weighted by Gasteiger charge is 2.31. The van der Waals surface area contributed by atoms with Crippen molar-refractivity contribution in [2.24, 2.45) is 7.05 Å². The Morgan fingerprint density at radius 3 is 2.38 bits per heavy atom. The molecular weight excluding hydrogens is 342 g/mol. The molecule has 9 nitrogen and oxygen atoms in total. The molecule has 0 aliphatic rings. The van der Waals surface area contributed by atoms with Gasteiger partial charge in [-0.15, -0.1) is 5.48 Å². The minimum Gasteiger partial charge on any atom is -0.501 e. The molecule has 0 amide bonds. The third-order valence-corrected chi connectivity index (χ3v) is 3.61. The summed E-state index contributed by atoms with van der Waals surface area (Å²) >= 11 is 0. The second-order valence-electron chi connectivity index (χ2n) is 5.97. The Hall–Kier alpha value is -3.20. The fraction of sp³-hybridized carbons (Fsp3) is 0.294. The van der Waals surface area contributed by atoms with Crippen LogP contribution in [0.2, 0.25) is 0 Å². The van der Waals surface area contributed by atoms with Gasteiger partial charge < -0.3 is 14.7 Å². The number of aromatic hydroxyl groups is 1. The average Bonchev–Trinajstić information content (AvgIpc) is 2.64. The third kappa shape index (κ3) is 3.72. The molecule has 0 bridgehead atoms. The van der Waals surface area contributed by atoms with E-state index in [2.05, 4.69) is 15.2 Å². The van der Waals surface area contributed by atoms with Crippen molar-refractivity contribution in [1.82, 2.24) is 15.0 Å². The topological polar surface area (TPSA) is 120 Å². The first-order valence-corrected chi connectivity index (χ1v) is 7.61. The highest BCUT2D eigenvalue weighted by Crippen LogP contribution is 2.20. The van der Waals surface area contributed by atoms with Gasteiger partial charge in [-0.3, -0.25) is 9.36 Å². The maximum absolute atomic E-state index is 12.2. The number of hydroxylamine groups is 1. The van der Waals surface area contributed by atoms with E-state index < -0.39 is 34.5 Å². The summed E-state index contributed by atoms with van der Waals surface area (Å²) in [7, 11) is 2.47. The van der Waals surface area contributed by atoms with Crippen molar-refractivity contribution in [3.8, 4) is 5.75 Å². The number of benzene rings is 1. The molecule has 9 heteroatoms. The van der Waals surface area contributed by atoms with Crippen LogP contribution in [0.1, 0.15) is 40.5 Å². The van der Waals surface area contributed by atoms with Crippen molar-refractivity contribution in [3.05, 3.63) is 57.8 Å². The molecule has 2 N–H and O–H groups in total. The first-order chi connectivity index (χ1) is 12.2. The minimum absolute atomic E-state index is 0.0570. The molecule has 0 radical (unpaired) electrons. The molecule has 0 spiro atoms. The number of hydrogen-bond donors (Lipinski definition) is 2. The number of hydrogen-bond acceptors (Lipinski definition) is 8. The highest BCUT2D eigenvalue weighted by atomic mass is 16.7. The van der Waals surface area contributed by atoms with Gasteiger partial charge in [0.15, 0.2) is 5.69 Å². The number of carbonyl (C=O) groups excluding carboxylic acids is 2. The van der Waals surface area contributed by atoms with Gasteiger partial charge in [0.2, 0.25) is 5.75 Å². The smallest absolute Gasteiger partial charge is 0.360 e. The van der Waals surface area contributed by atoms with E-state index in [-0.39, 0.29) is 5.82 Å². The Kier molecular flexibility index (Phi) is 5.41. The van der Waals surface area contributed by atoms with Crippen molar-refractivity contribution in [3.63, 3.8) is 0 Å². The van der Waals surface area contributed by atoms with E-state index in [4.69, 9.17) is 4.84 Å². The van der Waals surface area contributed by atoms with Gasteiger partial charge in [0.1, 0.15) is 11.4 Å². The average molecular weight is 361 g/mol. The van der Waals surface area contributed by atoms with Crippen molar-refractivity contribution in [2.75, 3.05) is 7.11 Å². The molecule has 0 aliphatic heterocycles. The van der Waals surface area contributed by atoms with Gasteiger partial charge >= 0.3 is 11.9 Å². The predicted molar refractivity (Wildman–Crippen MR) is 90.5 cm³/mol. The van der Waals surface area contributed by atoms with E-state index in [0.717, 1.165) is 11.7 Å². The lowest BCUT2D eigenvalue weighted by molar-refractivity contribution is -0.00221. The van der Waals surface area contributed by atoms with Crippen LogP contribution in [-0.2, 0) is 22.2 Å². The molecule has 0 aliphatic carbocycles. The van der Waals surface area contributed by atoms with Gasteiger partial charge in [0, 0.05) is 7.05 Å². The van der Waals surface area contributed by atoms with Gasteiger partial charge in [0.05, 0.1) is 12.7 Å². The molecule has 2 aromatic rings. The van der Waals surface area contributed by atoms with Crippen molar-refractivity contribution >= 4 is 11.9 Å². The van der Waals surface area contributed by atoms with E-state index in [1.165, 1.54) is 7.05 Å². The van der Waals surface area contributed by atoms with E-state index in [9.17, 15) is 19.5 Å². The second kappa shape index (κ2) is 7.36. The first-order valence-electron chi connectivity index (χ1n) is 7.61. The summed E-state index contributed by atoms with van der Waals surface area (Å²) in [5.74, 6) is -2.35. The molecule has 1 aromatic heterocycles. The second-order valence-corrected chi connectivity index (χ2v) is 5.97. The highest BCUT2D eigenvalue weighted by molar-refractivity contribution is 5.90. The molecule has 1 aromatic carbocycles. The molecule has 0 saturated carbocycles. The van der Waals surface area contributed by atoms with E-state index >= 15 is 0 Å². The first kappa shape index (κ1) is 19.1. The maximum atomic E-state index is 12.2. The number of nitrogens with one attached hydrogen (secondary N) is 1. The Bertz CT molecular complexity index is 889. The molecule has 0 saturated heterocycles. The van der Waals surface area contributed by atoms with Gasteiger partial charge in [-0.2, -0.15) is 0 Å². The van der Waals surface area contributed by atoms with Crippen LogP contribution in [0.3, 0.4) is 0 Å². The number of ether oxygens (including phenoxy) is 1. The summed E-state index contributed by atoms with van der Waals surface area (Å²) in [5.41, 5.74) is 0.362. The number of carbonyl (C=O) groups is 2. The fourth-order valence-corrected chi connectivity index (χ4v) is 2.24. The van der Waals surface area contributed by atoms with E-state index in [1.54, 1.807) is 44.2 Å². The Balaban J connectivity index is 2.33. The van der Waals surface area contributed by atoms with Crippen LogP contribution in [0.5, 0.6) is 5.75 Å². The van der Waals surface area contributed by atoms with Gasteiger partial charge in [-0.1, -0.05) is 18.2 Å². The van der Waals surface area contributed by atoms with Crippen LogP contribution < -0.4 is 11.0 Å². The quantitative estimate of drug-likeness (QED) is 0.595. The maximum Gasteiger partial charge on any atom is 0.360 e. The van der Waals surface area contributed by atoms with Gasteiger partial charge in [0.25, 0.3) is 5.56 Å². The molecule has 0 unspecified atom stereocenters. The molecule has 138 valence electrons. The standard InChI is InChI=1S/C17H19N3O6/c1-17(2,19-26-14(23)10-8-6-5-7-9-10)16-18-11(15(24)25-4)12(21)13(22)20(16)3/h5-9,19,21H,1-4H3. The summed E-state index contributed by atoms with van der Waals surface area (Å²) in [5, 5.41) is 9.83. The normalized spacial score (nSPS) is 11.1. The Morgan fingerprint density at radius 2 is 1.81 bits per heavy atom. The zero-order chi connectivity index (χ0) is 19.5. The van der Waals surface area contributed by atoms with Crippen molar-refractivity contribution < 1.29 is 24.3 Å². The SMILES string of the molecule is COC(=O)c1nc(C(C)(C)NOC(=O)c2ccccc2)n(C)c(=O)c1O. The van der Waals surface area contributed by atoms with Crippen LogP contribution in [0.4, 0.5) is 0 Å². The van der Waals surface area contributed by atoms with Crippen LogP contribution in [0, 0.1) is 0 Å². The lowest BCUT2D eigenvalue weighted by Gasteiger charge is -2.26. The van der Waals surface area contributed by atoms with Crippen LogP contribution in [0.25, 0.3) is 0 Å². The van der Waals surface area contributed by atoms with Crippen LogP contribution in [0.15, 0.2) is 35.1 Å². The monoisotopic (exact) mass is 361 g/mol. The predicted octanol–water partition coefficient (Wildman–Crippen LogP) is 0.869. The molecule has 26 heavy (non-hydrogen) atoms. The number of methoxy groups -OCH3 is 1. The lowest BCUT2D eigenvalue weighted by atomic mass is 10.1. The molecular formula is C17H19N3O6. The summed E-state index contributed by atoms with van der Waals surface area (Å²) in [6, 6.07) is 8.31. The Labute approximate surface area is 149 Å².